The molecule has 1 fully saturated rings. The minimum atomic E-state index is -2.73. The lowest BCUT2D eigenvalue weighted by Crippen LogP contribution is -2.32. The Hall–Kier alpha value is -0.0900. The number of sulfone groups is 1. The van der Waals surface area contributed by atoms with Crippen LogP contribution in [0.2, 0.25) is 0 Å². The molecule has 1 rings (SSSR count). The molecular weight excluding hydrogens is 210 g/mol. The van der Waals surface area contributed by atoms with Crippen LogP contribution in [0, 0.1) is 17.8 Å². The molecule has 1 heterocycles. The smallest absolute Gasteiger partial charge is 0.150 e. The predicted molar refractivity (Wildman–Crippen MR) is 63.6 cm³/mol. The fourth-order valence-corrected chi connectivity index (χ4v) is 4.31. The van der Waals surface area contributed by atoms with E-state index in [4.69, 9.17) is 0 Å². The average Bonchev–Trinajstić information content (AvgIpc) is 2.46. The molecule has 0 saturated carbocycles. The molecule has 15 heavy (non-hydrogen) atoms. The number of hydrogen-bond acceptors (Lipinski definition) is 3. The highest BCUT2D eigenvalue weighted by Crippen LogP contribution is 2.30. The average molecular weight is 233 g/mol. The van der Waals surface area contributed by atoms with Gasteiger partial charge in [-0.1, -0.05) is 20.8 Å². The zero-order chi connectivity index (χ0) is 11.5. The highest BCUT2D eigenvalue weighted by Gasteiger charge is 2.34. The van der Waals surface area contributed by atoms with Crippen LogP contribution in [0.1, 0.15) is 27.2 Å². The van der Waals surface area contributed by atoms with E-state index in [0.717, 1.165) is 19.5 Å². The van der Waals surface area contributed by atoms with Crippen LogP contribution in [-0.2, 0) is 9.84 Å². The zero-order valence-corrected chi connectivity index (χ0v) is 10.8. The van der Waals surface area contributed by atoms with E-state index >= 15 is 0 Å². The van der Waals surface area contributed by atoms with E-state index in [2.05, 4.69) is 26.1 Å². The fourth-order valence-electron chi connectivity index (χ4n) is 2.42. The molecule has 90 valence electrons. The fraction of sp³-hybridized carbons (Fsp3) is 1.00. The van der Waals surface area contributed by atoms with Crippen molar-refractivity contribution < 1.29 is 8.42 Å². The Morgan fingerprint density at radius 1 is 1.40 bits per heavy atom. The maximum Gasteiger partial charge on any atom is 0.150 e. The molecular formula is C11H23NO2S. The summed E-state index contributed by atoms with van der Waals surface area (Å²) in [4.78, 5) is 0. The van der Waals surface area contributed by atoms with Crippen molar-refractivity contribution >= 4 is 9.84 Å². The standard InChI is InChI=1S/C11H23NO2S/c1-4-12-7-11(9(2)3)10-5-6-15(13,14)8-10/h9-12H,4-8H2,1-3H3. The summed E-state index contributed by atoms with van der Waals surface area (Å²) in [5.74, 6) is 2.23. The van der Waals surface area contributed by atoms with E-state index in [1.54, 1.807) is 0 Å². The van der Waals surface area contributed by atoms with Crippen LogP contribution in [0.5, 0.6) is 0 Å². The summed E-state index contributed by atoms with van der Waals surface area (Å²) >= 11 is 0. The second kappa shape index (κ2) is 5.30. The van der Waals surface area contributed by atoms with E-state index < -0.39 is 9.84 Å². The summed E-state index contributed by atoms with van der Waals surface area (Å²) in [6.07, 6.45) is 0.858. The number of nitrogens with one attached hydrogen (secondary N) is 1. The SMILES string of the molecule is CCNCC(C(C)C)C1CCS(=O)(=O)C1. The zero-order valence-electron chi connectivity index (χ0n) is 9.99. The lowest BCUT2D eigenvalue weighted by molar-refractivity contribution is 0.266. The van der Waals surface area contributed by atoms with Crippen molar-refractivity contribution in [2.75, 3.05) is 24.6 Å². The van der Waals surface area contributed by atoms with E-state index in [1.807, 2.05) is 0 Å². The number of hydrogen-bond donors (Lipinski definition) is 1. The summed E-state index contributed by atoms with van der Waals surface area (Å²) in [6, 6.07) is 0. The molecule has 1 saturated heterocycles. The van der Waals surface area contributed by atoms with Crippen molar-refractivity contribution in [2.45, 2.75) is 27.2 Å². The van der Waals surface area contributed by atoms with Gasteiger partial charge in [-0.3, -0.25) is 0 Å². The first-order valence-corrected chi connectivity index (χ1v) is 7.69. The third-order valence-corrected chi connectivity index (χ3v) is 5.15. The summed E-state index contributed by atoms with van der Waals surface area (Å²) in [5.41, 5.74) is 0. The van der Waals surface area contributed by atoms with Gasteiger partial charge in [0.15, 0.2) is 9.84 Å². The van der Waals surface area contributed by atoms with Crippen molar-refractivity contribution in [3.8, 4) is 0 Å². The lowest BCUT2D eigenvalue weighted by atomic mass is 9.83. The van der Waals surface area contributed by atoms with Crippen LogP contribution in [0.4, 0.5) is 0 Å². The lowest BCUT2D eigenvalue weighted by Gasteiger charge is -2.26. The molecule has 0 aromatic carbocycles. The number of rotatable bonds is 5. The molecule has 1 aliphatic heterocycles. The van der Waals surface area contributed by atoms with E-state index in [0.29, 0.717) is 29.3 Å². The van der Waals surface area contributed by atoms with Gasteiger partial charge < -0.3 is 5.32 Å². The third kappa shape index (κ3) is 3.76. The van der Waals surface area contributed by atoms with E-state index in [1.165, 1.54) is 0 Å². The van der Waals surface area contributed by atoms with E-state index in [-0.39, 0.29) is 0 Å². The minimum Gasteiger partial charge on any atom is -0.317 e. The van der Waals surface area contributed by atoms with Crippen molar-refractivity contribution in [3.63, 3.8) is 0 Å². The topological polar surface area (TPSA) is 46.2 Å². The molecule has 0 amide bonds. The Kier molecular flexibility index (Phi) is 4.59. The second-order valence-electron chi connectivity index (χ2n) is 4.88. The van der Waals surface area contributed by atoms with Gasteiger partial charge in [-0.25, -0.2) is 8.42 Å². The minimum absolute atomic E-state index is 0.369. The first-order chi connectivity index (χ1) is 6.96. The molecule has 1 N–H and O–H groups in total. The predicted octanol–water partition coefficient (Wildman–Crippen LogP) is 1.30. The Bertz CT molecular complexity index is 285. The molecule has 2 unspecified atom stereocenters. The summed E-state index contributed by atoms with van der Waals surface area (Å²) < 4.78 is 22.8. The van der Waals surface area contributed by atoms with E-state index in [9.17, 15) is 8.42 Å². The molecule has 0 radical (unpaired) electrons. The largest absolute Gasteiger partial charge is 0.317 e. The Balaban J connectivity index is 2.57. The molecule has 2 atom stereocenters. The van der Waals surface area contributed by atoms with Gasteiger partial charge in [0.25, 0.3) is 0 Å². The summed E-state index contributed by atoms with van der Waals surface area (Å²) in [6.45, 7) is 8.37. The molecule has 1 aliphatic rings. The van der Waals surface area contributed by atoms with Crippen molar-refractivity contribution in [3.05, 3.63) is 0 Å². The summed E-state index contributed by atoms with van der Waals surface area (Å²) in [7, 11) is -2.73. The molecule has 0 aromatic rings. The Morgan fingerprint density at radius 2 is 2.07 bits per heavy atom. The maximum absolute atomic E-state index is 11.4. The Labute approximate surface area is 93.6 Å². The van der Waals surface area contributed by atoms with Gasteiger partial charge in [0.1, 0.15) is 0 Å². The first-order valence-electron chi connectivity index (χ1n) is 5.87. The Morgan fingerprint density at radius 3 is 2.47 bits per heavy atom. The monoisotopic (exact) mass is 233 g/mol. The van der Waals surface area contributed by atoms with Gasteiger partial charge in [-0.15, -0.1) is 0 Å². The molecule has 0 aromatic heterocycles. The van der Waals surface area contributed by atoms with Gasteiger partial charge in [-0.05, 0) is 37.3 Å². The molecule has 4 heteroatoms. The molecule has 3 nitrogen and oxygen atoms in total. The maximum atomic E-state index is 11.4. The van der Waals surface area contributed by atoms with Crippen molar-refractivity contribution in [1.29, 1.82) is 0 Å². The molecule has 0 spiro atoms. The van der Waals surface area contributed by atoms with Crippen LogP contribution in [0.15, 0.2) is 0 Å². The van der Waals surface area contributed by atoms with Crippen LogP contribution in [-0.4, -0.2) is 33.0 Å². The van der Waals surface area contributed by atoms with Gasteiger partial charge in [-0.2, -0.15) is 0 Å². The highest BCUT2D eigenvalue weighted by molar-refractivity contribution is 7.91. The molecule has 0 bridgehead atoms. The van der Waals surface area contributed by atoms with Crippen LogP contribution < -0.4 is 5.32 Å². The van der Waals surface area contributed by atoms with Crippen LogP contribution in [0.25, 0.3) is 0 Å². The first kappa shape index (κ1) is 13.0. The van der Waals surface area contributed by atoms with Crippen LogP contribution in [0.3, 0.4) is 0 Å². The van der Waals surface area contributed by atoms with Crippen molar-refractivity contribution in [1.82, 2.24) is 5.32 Å². The summed E-state index contributed by atoms with van der Waals surface area (Å²) in [5, 5.41) is 3.34. The highest BCUT2D eigenvalue weighted by atomic mass is 32.2. The third-order valence-electron chi connectivity index (χ3n) is 3.36. The second-order valence-corrected chi connectivity index (χ2v) is 7.11. The molecule has 0 aliphatic carbocycles. The van der Waals surface area contributed by atoms with Gasteiger partial charge in [0.05, 0.1) is 11.5 Å². The van der Waals surface area contributed by atoms with Crippen LogP contribution >= 0.6 is 0 Å². The van der Waals surface area contributed by atoms with Crippen molar-refractivity contribution in [2.24, 2.45) is 17.8 Å². The van der Waals surface area contributed by atoms with Gasteiger partial charge in [0.2, 0.25) is 0 Å². The normalized spacial score (nSPS) is 27.1. The van der Waals surface area contributed by atoms with Gasteiger partial charge in [0, 0.05) is 0 Å². The quantitative estimate of drug-likeness (QED) is 0.778. The van der Waals surface area contributed by atoms with Gasteiger partial charge >= 0.3 is 0 Å².